The van der Waals surface area contributed by atoms with E-state index in [2.05, 4.69) is 22.0 Å². The third kappa shape index (κ3) is 3.17. The van der Waals surface area contributed by atoms with Crippen LogP contribution in [0, 0.1) is 5.82 Å². The number of hydrazone groups is 1. The fourth-order valence-corrected chi connectivity index (χ4v) is 4.29. The highest BCUT2D eigenvalue weighted by molar-refractivity contribution is 9.10. The molecule has 3 aromatic rings. The Labute approximate surface area is 176 Å². The molecule has 29 heavy (non-hydrogen) atoms. The van der Waals surface area contributed by atoms with Gasteiger partial charge < -0.3 is 9.47 Å². The van der Waals surface area contributed by atoms with Gasteiger partial charge in [-0.2, -0.15) is 5.10 Å². The maximum absolute atomic E-state index is 14.6. The van der Waals surface area contributed by atoms with Crippen LogP contribution in [0.1, 0.15) is 35.4 Å². The first kappa shape index (κ1) is 18.2. The minimum atomic E-state index is -0.627. The fraction of sp³-hybridized carbons (Fsp3) is 0.174. The largest absolute Gasteiger partial charge is 0.497 e. The highest BCUT2D eigenvalue weighted by Crippen LogP contribution is 2.48. The lowest BCUT2D eigenvalue weighted by Gasteiger charge is -2.38. The van der Waals surface area contributed by atoms with Crippen LogP contribution < -0.4 is 9.47 Å². The number of methoxy groups -OCH3 is 1. The van der Waals surface area contributed by atoms with E-state index in [1.807, 2.05) is 47.5 Å². The summed E-state index contributed by atoms with van der Waals surface area (Å²) in [6.45, 7) is 0. The Morgan fingerprint density at radius 2 is 1.93 bits per heavy atom. The van der Waals surface area contributed by atoms with Gasteiger partial charge in [0.2, 0.25) is 6.23 Å². The van der Waals surface area contributed by atoms with Crippen LogP contribution in [0.4, 0.5) is 4.39 Å². The Morgan fingerprint density at radius 3 is 2.76 bits per heavy atom. The Morgan fingerprint density at radius 1 is 1.07 bits per heavy atom. The van der Waals surface area contributed by atoms with E-state index in [9.17, 15) is 4.39 Å². The van der Waals surface area contributed by atoms with Crippen LogP contribution in [0.3, 0.4) is 0 Å². The van der Waals surface area contributed by atoms with Gasteiger partial charge in [0.25, 0.3) is 0 Å². The molecular weight excluding hydrogens is 435 g/mol. The average Bonchev–Trinajstić information content (AvgIpc) is 3.20. The highest BCUT2D eigenvalue weighted by atomic mass is 79.9. The van der Waals surface area contributed by atoms with Crippen molar-refractivity contribution in [3.8, 4) is 11.5 Å². The zero-order chi connectivity index (χ0) is 20.0. The molecule has 6 heteroatoms. The molecule has 0 N–H and O–H groups in total. The van der Waals surface area contributed by atoms with E-state index in [1.54, 1.807) is 19.2 Å². The lowest BCUT2D eigenvalue weighted by molar-refractivity contribution is -0.0212. The molecule has 3 aromatic carbocycles. The summed E-state index contributed by atoms with van der Waals surface area (Å²) in [6.07, 6.45) is 0.0725. The van der Waals surface area contributed by atoms with E-state index in [1.165, 1.54) is 6.07 Å². The van der Waals surface area contributed by atoms with E-state index in [0.717, 1.165) is 32.8 Å². The average molecular weight is 453 g/mol. The second-order valence-electron chi connectivity index (χ2n) is 7.05. The monoisotopic (exact) mass is 452 g/mol. The van der Waals surface area contributed by atoms with Crippen LogP contribution in [0.15, 0.2) is 76.3 Å². The molecule has 2 aliphatic rings. The first-order valence-electron chi connectivity index (χ1n) is 9.35. The minimum Gasteiger partial charge on any atom is -0.497 e. The SMILES string of the molecule is COc1cccc(C2=NN3[C@@H](c4ccccc4F)Oc4ccc(Br)cc4[C@@H]3C2)c1. The summed E-state index contributed by atoms with van der Waals surface area (Å²) in [5, 5.41) is 6.75. The Kier molecular flexibility index (Phi) is 4.51. The van der Waals surface area contributed by atoms with Crippen molar-refractivity contribution in [2.75, 3.05) is 7.11 Å². The lowest BCUT2D eigenvalue weighted by atomic mass is 9.96. The number of ether oxygens (including phenoxy) is 2. The Balaban J connectivity index is 1.62. The van der Waals surface area contributed by atoms with Crippen molar-refractivity contribution in [3.63, 3.8) is 0 Å². The van der Waals surface area contributed by atoms with Gasteiger partial charge in [0.05, 0.1) is 24.4 Å². The highest BCUT2D eigenvalue weighted by Gasteiger charge is 2.41. The summed E-state index contributed by atoms with van der Waals surface area (Å²) in [7, 11) is 1.65. The van der Waals surface area contributed by atoms with Gasteiger partial charge in [0.1, 0.15) is 17.3 Å². The summed E-state index contributed by atoms with van der Waals surface area (Å²) >= 11 is 3.55. The normalized spacial score (nSPS) is 19.8. The Bertz CT molecular complexity index is 1120. The molecule has 0 spiro atoms. The summed E-state index contributed by atoms with van der Waals surface area (Å²) in [5.74, 6) is 1.23. The van der Waals surface area contributed by atoms with Crippen molar-refractivity contribution in [2.45, 2.75) is 18.7 Å². The number of fused-ring (bicyclic) bond motifs is 3. The summed E-state index contributed by atoms with van der Waals surface area (Å²) in [5.41, 5.74) is 3.42. The van der Waals surface area contributed by atoms with Crippen molar-refractivity contribution < 1.29 is 13.9 Å². The molecule has 2 aliphatic heterocycles. The molecule has 0 saturated heterocycles. The molecule has 0 aromatic heterocycles. The molecule has 0 aliphatic carbocycles. The van der Waals surface area contributed by atoms with Gasteiger partial charge in [-0.3, -0.25) is 0 Å². The van der Waals surface area contributed by atoms with E-state index in [4.69, 9.17) is 14.6 Å². The van der Waals surface area contributed by atoms with Gasteiger partial charge in [-0.05, 0) is 36.4 Å². The molecule has 0 unspecified atom stereocenters. The second-order valence-corrected chi connectivity index (χ2v) is 7.97. The first-order valence-corrected chi connectivity index (χ1v) is 10.1. The predicted molar refractivity (Wildman–Crippen MR) is 113 cm³/mol. The standard InChI is InChI=1S/C23H18BrFN2O2/c1-28-16-6-4-5-14(11-16)20-13-21-18-12-15(24)9-10-22(18)29-23(27(21)26-20)17-7-2-3-8-19(17)25/h2-12,21,23H,13H2,1H3/t21-,23+/m0/s1. The third-order valence-corrected chi connectivity index (χ3v) is 5.82. The number of nitrogens with zero attached hydrogens (tertiary/aromatic N) is 2. The molecule has 0 radical (unpaired) electrons. The van der Waals surface area contributed by atoms with E-state index < -0.39 is 6.23 Å². The summed E-state index contributed by atoms with van der Waals surface area (Å²) < 4.78 is 27.2. The molecule has 0 amide bonds. The van der Waals surface area contributed by atoms with Gasteiger partial charge in [0.15, 0.2) is 0 Å². The molecule has 146 valence electrons. The van der Waals surface area contributed by atoms with Crippen LogP contribution in [0.2, 0.25) is 0 Å². The predicted octanol–water partition coefficient (Wildman–Crippen LogP) is 5.84. The minimum absolute atomic E-state index is 0.0398. The molecule has 5 rings (SSSR count). The maximum Gasteiger partial charge on any atom is 0.216 e. The topological polar surface area (TPSA) is 34.1 Å². The second kappa shape index (κ2) is 7.19. The molecule has 2 atom stereocenters. The maximum atomic E-state index is 14.6. The van der Waals surface area contributed by atoms with Crippen LogP contribution in [0.5, 0.6) is 11.5 Å². The molecule has 0 saturated carbocycles. The number of benzene rings is 3. The van der Waals surface area contributed by atoms with Crippen molar-refractivity contribution in [1.82, 2.24) is 5.01 Å². The van der Waals surface area contributed by atoms with Gasteiger partial charge in [0, 0.05) is 22.0 Å². The molecular formula is C23H18BrFN2O2. The first-order chi connectivity index (χ1) is 14.1. The van der Waals surface area contributed by atoms with Crippen molar-refractivity contribution >= 4 is 21.6 Å². The van der Waals surface area contributed by atoms with Gasteiger partial charge in [-0.1, -0.05) is 46.3 Å². The third-order valence-electron chi connectivity index (χ3n) is 5.33. The molecule has 2 heterocycles. The molecule has 0 fully saturated rings. The van der Waals surface area contributed by atoms with E-state index in [0.29, 0.717) is 12.0 Å². The number of hydrogen-bond acceptors (Lipinski definition) is 4. The number of rotatable bonds is 3. The summed E-state index contributed by atoms with van der Waals surface area (Å²) in [4.78, 5) is 0. The lowest BCUT2D eigenvalue weighted by Crippen LogP contribution is -2.34. The zero-order valence-corrected chi connectivity index (χ0v) is 17.3. The Hall–Kier alpha value is -2.86. The quantitative estimate of drug-likeness (QED) is 0.500. The van der Waals surface area contributed by atoms with Gasteiger partial charge in [-0.15, -0.1) is 0 Å². The summed E-state index contributed by atoms with van der Waals surface area (Å²) in [6, 6.07) is 20.4. The zero-order valence-electron chi connectivity index (χ0n) is 15.7. The van der Waals surface area contributed by atoms with Crippen molar-refractivity contribution in [2.24, 2.45) is 5.10 Å². The fourth-order valence-electron chi connectivity index (χ4n) is 3.92. The smallest absolute Gasteiger partial charge is 0.216 e. The number of hydrogen-bond donors (Lipinski definition) is 0. The van der Waals surface area contributed by atoms with Crippen molar-refractivity contribution in [3.05, 3.63) is 93.7 Å². The van der Waals surface area contributed by atoms with Crippen LogP contribution in [0.25, 0.3) is 0 Å². The number of halogens is 2. The van der Waals surface area contributed by atoms with E-state index in [-0.39, 0.29) is 11.9 Å². The van der Waals surface area contributed by atoms with Crippen LogP contribution >= 0.6 is 15.9 Å². The van der Waals surface area contributed by atoms with Gasteiger partial charge in [-0.25, -0.2) is 9.40 Å². The van der Waals surface area contributed by atoms with E-state index >= 15 is 0 Å². The van der Waals surface area contributed by atoms with Crippen LogP contribution in [-0.2, 0) is 0 Å². The van der Waals surface area contributed by atoms with Crippen LogP contribution in [-0.4, -0.2) is 17.8 Å². The molecule has 0 bridgehead atoms. The van der Waals surface area contributed by atoms with Gasteiger partial charge >= 0.3 is 0 Å². The van der Waals surface area contributed by atoms with Crippen molar-refractivity contribution in [1.29, 1.82) is 0 Å². The molecule has 4 nitrogen and oxygen atoms in total.